The number of anilines is 1. The molecular formula is C16H19ClN2. The maximum Gasteiger partial charge on any atom is 0.133 e. The molecule has 1 aromatic heterocycles. The van der Waals surface area contributed by atoms with Gasteiger partial charge in [-0.15, -0.1) is 11.6 Å². The summed E-state index contributed by atoms with van der Waals surface area (Å²) < 4.78 is 0. The van der Waals surface area contributed by atoms with Crippen molar-refractivity contribution in [3.8, 4) is 0 Å². The molecule has 0 aliphatic heterocycles. The van der Waals surface area contributed by atoms with Crippen molar-refractivity contribution in [2.24, 2.45) is 5.92 Å². The average molecular weight is 275 g/mol. The van der Waals surface area contributed by atoms with Crippen LogP contribution >= 0.6 is 11.6 Å². The standard InChI is InChI=1S/C16H19ClN2/c17-14-6-3-4-12(10-14)11-19-16-15-7-2-1-5-13(15)8-9-18-16/h1-2,5,7-9,12,14H,3-4,6,10-11H2,(H,18,19). The molecule has 2 aromatic rings. The number of alkyl halides is 1. The first kappa shape index (κ1) is 12.7. The molecule has 1 heterocycles. The van der Waals surface area contributed by atoms with Gasteiger partial charge in [0.1, 0.15) is 5.82 Å². The molecule has 100 valence electrons. The summed E-state index contributed by atoms with van der Waals surface area (Å²) in [5.74, 6) is 1.67. The fourth-order valence-corrected chi connectivity index (χ4v) is 3.32. The molecule has 2 atom stereocenters. The van der Waals surface area contributed by atoms with Crippen molar-refractivity contribution < 1.29 is 0 Å². The molecule has 19 heavy (non-hydrogen) atoms. The lowest BCUT2D eigenvalue weighted by Gasteiger charge is -2.25. The van der Waals surface area contributed by atoms with Crippen molar-refractivity contribution in [2.45, 2.75) is 31.1 Å². The number of benzene rings is 1. The molecule has 0 bridgehead atoms. The molecule has 1 aliphatic carbocycles. The van der Waals surface area contributed by atoms with Crippen LogP contribution in [0.3, 0.4) is 0 Å². The molecule has 2 nitrogen and oxygen atoms in total. The van der Waals surface area contributed by atoms with E-state index in [4.69, 9.17) is 11.6 Å². The van der Waals surface area contributed by atoms with Crippen molar-refractivity contribution >= 4 is 28.2 Å². The molecule has 0 spiro atoms. The third kappa shape index (κ3) is 3.01. The molecule has 3 heteroatoms. The summed E-state index contributed by atoms with van der Waals surface area (Å²) in [5, 5.41) is 6.30. The normalized spacial score (nSPS) is 23.4. The molecule has 2 unspecified atom stereocenters. The molecular weight excluding hydrogens is 256 g/mol. The lowest BCUT2D eigenvalue weighted by molar-refractivity contribution is 0.378. The van der Waals surface area contributed by atoms with Gasteiger partial charge in [-0.1, -0.05) is 30.7 Å². The maximum atomic E-state index is 6.24. The Hall–Kier alpha value is -1.28. The second-order valence-corrected chi connectivity index (χ2v) is 6.01. The monoisotopic (exact) mass is 274 g/mol. The molecule has 1 fully saturated rings. The van der Waals surface area contributed by atoms with Crippen LogP contribution in [-0.4, -0.2) is 16.9 Å². The second kappa shape index (κ2) is 5.79. The van der Waals surface area contributed by atoms with Crippen LogP contribution < -0.4 is 5.32 Å². The number of rotatable bonds is 3. The van der Waals surface area contributed by atoms with E-state index < -0.39 is 0 Å². The summed E-state index contributed by atoms with van der Waals surface area (Å²) in [7, 11) is 0. The Balaban J connectivity index is 1.71. The number of fused-ring (bicyclic) bond motifs is 1. The Morgan fingerprint density at radius 2 is 2.11 bits per heavy atom. The second-order valence-electron chi connectivity index (χ2n) is 5.39. The molecule has 0 radical (unpaired) electrons. The quantitative estimate of drug-likeness (QED) is 0.837. The number of nitrogens with one attached hydrogen (secondary N) is 1. The molecule has 1 aliphatic rings. The third-order valence-corrected chi connectivity index (χ3v) is 4.35. The van der Waals surface area contributed by atoms with Gasteiger partial charge >= 0.3 is 0 Å². The minimum Gasteiger partial charge on any atom is -0.369 e. The van der Waals surface area contributed by atoms with Crippen LogP contribution in [0, 0.1) is 5.92 Å². The van der Waals surface area contributed by atoms with Crippen molar-refractivity contribution in [1.29, 1.82) is 0 Å². The van der Waals surface area contributed by atoms with Crippen molar-refractivity contribution in [3.05, 3.63) is 36.5 Å². The highest BCUT2D eigenvalue weighted by molar-refractivity contribution is 6.20. The molecule has 0 amide bonds. The fourth-order valence-electron chi connectivity index (χ4n) is 2.91. The smallest absolute Gasteiger partial charge is 0.133 e. The Morgan fingerprint density at radius 1 is 1.21 bits per heavy atom. The van der Waals surface area contributed by atoms with Gasteiger partial charge in [0.15, 0.2) is 0 Å². The van der Waals surface area contributed by atoms with E-state index >= 15 is 0 Å². The lowest BCUT2D eigenvalue weighted by Crippen LogP contribution is -2.22. The number of hydrogen-bond donors (Lipinski definition) is 1. The highest BCUT2D eigenvalue weighted by Gasteiger charge is 2.20. The Labute approximate surface area is 119 Å². The van der Waals surface area contributed by atoms with Crippen LogP contribution in [0.2, 0.25) is 0 Å². The summed E-state index contributed by atoms with van der Waals surface area (Å²) in [4.78, 5) is 4.47. The summed E-state index contributed by atoms with van der Waals surface area (Å²) in [6.07, 6.45) is 6.70. The minimum absolute atomic E-state index is 0.362. The highest BCUT2D eigenvalue weighted by Crippen LogP contribution is 2.28. The van der Waals surface area contributed by atoms with Crippen LogP contribution in [0.5, 0.6) is 0 Å². The van der Waals surface area contributed by atoms with Crippen LogP contribution in [0.15, 0.2) is 36.5 Å². The fraction of sp³-hybridized carbons (Fsp3) is 0.438. The van der Waals surface area contributed by atoms with Crippen LogP contribution in [0.4, 0.5) is 5.82 Å². The number of nitrogens with zero attached hydrogens (tertiary/aromatic N) is 1. The molecule has 3 rings (SSSR count). The maximum absolute atomic E-state index is 6.24. The van der Waals surface area contributed by atoms with Gasteiger partial charge in [0.05, 0.1) is 0 Å². The van der Waals surface area contributed by atoms with Gasteiger partial charge in [0.2, 0.25) is 0 Å². The van der Waals surface area contributed by atoms with E-state index in [9.17, 15) is 0 Å². The first-order valence-corrected chi connectivity index (χ1v) is 7.48. The van der Waals surface area contributed by atoms with Crippen LogP contribution in [-0.2, 0) is 0 Å². The van der Waals surface area contributed by atoms with Gasteiger partial charge in [-0.3, -0.25) is 0 Å². The minimum atomic E-state index is 0.362. The number of hydrogen-bond acceptors (Lipinski definition) is 2. The van der Waals surface area contributed by atoms with Gasteiger partial charge in [0, 0.05) is 23.5 Å². The summed E-state index contributed by atoms with van der Waals surface area (Å²) in [5.41, 5.74) is 0. The van der Waals surface area contributed by atoms with Crippen LogP contribution in [0.25, 0.3) is 10.8 Å². The predicted octanol–water partition coefficient (Wildman–Crippen LogP) is 4.44. The lowest BCUT2D eigenvalue weighted by atomic mass is 9.89. The van der Waals surface area contributed by atoms with Gasteiger partial charge in [-0.2, -0.15) is 0 Å². The number of halogens is 1. The van der Waals surface area contributed by atoms with Gasteiger partial charge in [-0.25, -0.2) is 4.98 Å². The average Bonchev–Trinajstić information content (AvgIpc) is 2.45. The summed E-state index contributed by atoms with van der Waals surface area (Å²) in [6, 6.07) is 10.4. The predicted molar refractivity (Wildman–Crippen MR) is 81.8 cm³/mol. The molecule has 0 saturated heterocycles. The van der Waals surface area contributed by atoms with E-state index in [1.807, 2.05) is 6.20 Å². The zero-order chi connectivity index (χ0) is 13.1. The summed E-state index contributed by atoms with van der Waals surface area (Å²) >= 11 is 6.24. The van der Waals surface area contributed by atoms with Crippen molar-refractivity contribution in [3.63, 3.8) is 0 Å². The van der Waals surface area contributed by atoms with Crippen molar-refractivity contribution in [2.75, 3.05) is 11.9 Å². The largest absolute Gasteiger partial charge is 0.369 e. The van der Waals surface area contributed by atoms with E-state index in [1.165, 1.54) is 30.0 Å². The highest BCUT2D eigenvalue weighted by atomic mass is 35.5. The molecule has 1 N–H and O–H groups in total. The van der Waals surface area contributed by atoms with E-state index in [2.05, 4.69) is 40.6 Å². The zero-order valence-corrected chi connectivity index (χ0v) is 11.7. The van der Waals surface area contributed by atoms with E-state index in [1.54, 1.807) is 0 Å². The molecule has 1 aromatic carbocycles. The Morgan fingerprint density at radius 3 is 3.00 bits per heavy atom. The zero-order valence-electron chi connectivity index (χ0n) is 11.0. The van der Waals surface area contributed by atoms with Gasteiger partial charge < -0.3 is 5.32 Å². The van der Waals surface area contributed by atoms with E-state index in [-0.39, 0.29) is 0 Å². The van der Waals surface area contributed by atoms with Gasteiger partial charge in [0.25, 0.3) is 0 Å². The Kier molecular flexibility index (Phi) is 3.88. The number of aromatic nitrogens is 1. The van der Waals surface area contributed by atoms with E-state index in [0.717, 1.165) is 18.8 Å². The summed E-state index contributed by atoms with van der Waals surface area (Å²) in [6.45, 7) is 0.976. The third-order valence-electron chi connectivity index (χ3n) is 3.95. The van der Waals surface area contributed by atoms with Crippen LogP contribution in [0.1, 0.15) is 25.7 Å². The number of pyridine rings is 1. The first-order chi connectivity index (χ1) is 9.33. The Bertz CT molecular complexity index is 550. The van der Waals surface area contributed by atoms with Gasteiger partial charge in [-0.05, 0) is 36.6 Å². The topological polar surface area (TPSA) is 24.9 Å². The van der Waals surface area contributed by atoms with Crippen molar-refractivity contribution in [1.82, 2.24) is 4.98 Å². The molecule has 1 saturated carbocycles. The first-order valence-electron chi connectivity index (χ1n) is 7.04. The SMILES string of the molecule is ClC1CCCC(CNc2nccc3ccccc23)C1. The van der Waals surface area contributed by atoms with E-state index in [0.29, 0.717) is 11.3 Å².